The highest BCUT2D eigenvalue weighted by Crippen LogP contribution is 2.31. The van der Waals surface area contributed by atoms with Crippen LogP contribution in [0.1, 0.15) is 5.56 Å². The average molecular weight is 343 g/mol. The third kappa shape index (κ3) is 2.75. The molecule has 3 nitrogen and oxygen atoms in total. The Morgan fingerprint density at radius 1 is 1.28 bits per heavy atom. The van der Waals surface area contributed by atoms with Crippen molar-refractivity contribution in [1.29, 1.82) is 5.26 Å². The summed E-state index contributed by atoms with van der Waals surface area (Å²) < 4.78 is 0.878. The molecule has 2 aromatic rings. The topological polar surface area (TPSA) is 48.7 Å². The minimum absolute atomic E-state index is 0.277. The molecule has 0 fully saturated rings. The van der Waals surface area contributed by atoms with E-state index in [-0.39, 0.29) is 5.02 Å². The van der Waals surface area contributed by atoms with Gasteiger partial charge in [-0.1, -0.05) is 39.1 Å². The van der Waals surface area contributed by atoms with Crippen molar-refractivity contribution in [3.63, 3.8) is 0 Å². The lowest BCUT2D eigenvalue weighted by Gasteiger charge is -2.09. The van der Waals surface area contributed by atoms with Crippen molar-refractivity contribution in [1.82, 2.24) is 4.98 Å². The lowest BCUT2D eigenvalue weighted by molar-refractivity contribution is 1.29. The van der Waals surface area contributed by atoms with Crippen molar-refractivity contribution in [2.24, 2.45) is 0 Å². The molecule has 0 aliphatic rings. The van der Waals surface area contributed by atoms with Gasteiger partial charge in [0.15, 0.2) is 5.82 Å². The highest BCUT2D eigenvalue weighted by Gasteiger charge is 2.09. The van der Waals surface area contributed by atoms with Gasteiger partial charge in [0.05, 0.1) is 16.3 Å². The predicted octanol–water partition coefficient (Wildman–Crippen LogP) is 4.77. The molecule has 1 N–H and O–H groups in total. The first-order chi connectivity index (χ1) is 8.61. The van der Waals surface area contributed by atoms with E-state index in [1.807, 2.05) is 12.1 Å². The number of nitrogens with zero attached hydrogens (tertiary/aromatic N) is 2. The molecule has 1 aromatic carbocycles. The smallest absolute Gasteiger partial charge is 0.150 e. The fourth-order valence-corrected chi connectivity index (χ4v) is 2.26. The summed E-state index contributed by atoms with van der Waals surface area (Å²) in [6.45, 7) is 0. The number of pyridine rings is 1. The molecule has 0 spiro atoms. The van der Waals surface area contributed by atoms with Crippen LogP contribution in [0.4, 0.5) is 11.5 Å². The Hall–Kier alpha value is -1.28. The number of rotatable bonds is 2. The lowest BCUT2D eigenvalue weighted by atomic mass is 10.2. The Morgan fingerprint density at radius 2 is 2.06 bits per heavy atom. The first-order valence-electron chi connectivity index (χ1n) is 4.88. The fraction of sp³-hybridized carbons (Fsp3) is 0. The molecule has 1 heterocycles. The van der Waals surface area contributed by atoms with Crippen LogP contribution in [-0.4, -0.2) is 4.98 Å². The van der Waals surface area contributed by atoms with Crippen LogP contribution in [-0.2, 0) is 0 Å². The van der Waals surface area contributed by atoms with Gasteiger partial charge in [-0.05, 0) is 24.3 Å². The van der Waals surface area contributed by atoms with Gasteiger partial charge in [-0.15, -0.1) is 0 Å². The van der Waals surface area contributed by atoms with Crippen molar-refractivity contribution >= 4 is 50.6 Å². The maximum atomic E-state index is 8.88. The number of nitrogens with one attached hydrogen (secondary N) is 1. The Morgan fingerprint density at radius 3 is 2.72 bits per heavy atom. The van der Waals surface area contributed by atoms with Gasteiger partial charge in [0.25, 0.3) is 0 Å². The molecule has 0 bridgehead atoms. The van der Waals surface area contributed by atoms with E-state index in [0.29, 0.717) is 22.1 Å². The normalized spacial score (nSPS) is 9.89. The highest BCUT2D eigenvalue weighted by atomic mass is 79.9. The Kier molecular flexibility index (Phi) is 4.07. The number of aromatic nitrogens is 1. The number of hydrogen-bond acceptors (Lipinski definition) is 3. The van der Waals surface area contributed by atoms with E-state index >= 15 is 0 Å². The van der Waals surface area contributed by atoms with Crippen LogP contribution in [0.5, 0.6) is 0 Å². The maximum Gasteiger partial charge on any atom is 0.150 e. The predicted molar refractivity (Wildman–Crippen MR) is 76.4 cm³/mol. The van der Waals surface area contributed by atoms with E-state index in [1.165, 1.54) is 6.20 Å². The zero-order valence-corrected chi connectivity index (χ0v) is 12.0. The van der Waals surface area contributed by atoms with Crippen molar-refractivity contribution in [3.8, 4) is 6.07 Å². The summed E-state index contributed by atoms with van der Waals surface area (Å²) in [4.78, 5) is 4.08. The number of nitriles is 1. The molecule has 0 unspecified atom stereocenters. The summed E-state index contributed by atoms with van der Waals surface area (Å²) in [6.07, 6.45) is 1.51. The summed E-state index contributed by atoms with van der Waals surface area (Å²) in [5.74, 6) is 0.403. The molecular formula is C12H6BrCl2N3. The zero-order valence-electron chi connectivity index (χ0n) is 8.92. The molecule has 1 aromatic heterocycles. The minimum Gasteiger partial charge on any atom is -0.338 e. The van der Waals surface area contributed by atoms with Crippen LogP contribution in [0.2, 0.25) is 10.0 Å². The number of hydrogen-bond donors (Lipinski definition) is 1. The summed E-state index contributed by atoms with van der Waals surface area (Å²) in [6, 6.07) is 8.94. The lowest BCUT2D eigenvalue weighted by Crippen LogP contribution is -1.96. The third-order valence-electron chi connectivity index (χ3n) is 2.19. The Balaban J connectivity index is 2.38. The number of halogens is 3. The van der Waals surface area contributed by atoms with Gasteiger partial charge in [-0.2, -0.15) is 5.26 Å². The van der Waals surface area contributed by atoms with Crippen LogP contribution in [0.3, 0.4) is 0 Å². The third-order valence-corrected chi connectivity index (χ3v) is 3.38. The number of anilines is 2. The Labute approximate surface area is 122 Å². The van der Waals surface area contributed by atoms with Crippen LogP contribution in [0.25, 0.3) is 0 Å². The van der Waals surface area contributed by atoms with Crippen LogP contribution >= 0.6 is 39.1 Å². The molecule has 0 saturated carbocycles. The molecule has 0 atom stereocenters. The Bertz CT molecular complexity index is 638. The molecular weight excluding hydrogens is 337 g/mol. The minimum atomic E-state index is 0.277. The molecule has 0 aliphatic heterocycles. The molecule has 6 heteroatoms. The summed E-state index contributed by atoms with van der Waals surface area (Å²) >= 11 is 15.4. The maximum absolute atomic E-state index is 8.88. The van der Waals surface area contributed by atoms with Crippen LogP contribution < -0.4 is 5.32 Å². The fourth-order valence-electron chi connectivity index (χ4n) is 1.34. The second-order valence-electron chi connectivity index (χ2n) is 3.38. The first-order valence-corrected chi connectivity index (χ1v) is 6.43. The quantitative estimate of drug-likeness (QED) is 0.855. The van der Waals surface area contributed by atoms with E-state index < -0.39 is 0 Å². The van der Waals surface area contributed by atoms with E-state index in [1.54, 1.807) is 18.2 Å². The van der Waals surface area contributed by atoms with E-state index in [0.717, 1.165) is 4.47 Å². The molecule has 0 aliphatic carbocycles. The molecule has 18 heavy (non-hydrogen) atoms. The molecule has 0 radical (unpaired) electrons. The molecule has 2 rings (SSSR count). The summed E-state index contributed by atoms with van der Waals surface area (Å²) in [5, 5.41) is 12.7. The average Bonchev–Trinajstić information content (AvgIpc) is 2.35. The molecule has 90 valence electrons. The summed E-state index contributed by atoms with van der Waals surface area (Å²) in [5.41, 5.74) is 1.03. The van der Waals surface area contributed by atoms with Crippen molar-refractivity contribution in [3.05, 3.63) is 50.5 Å². The molecule has 0 saturated heterocycles. The standard InChI is InChI=1S/C12H6BrCl2N3/c13-8-1-2-10(9(14)5-8)18-12-11(15)7(6-16)3-4-17-12/h1-5H,(H,17,18). The second-order valence-corrected chi connectivity index (χ2v) is 5.08. The van der Waals surface area contributed by atoms with Gasteiger partial charge >= 0.3 is 0 Å². The second kappa shape index (κ2) is 5.57. The first kappa shape index (κ1) is 13.2. The van der Waals surface area contributed by atoms with Crippen molar-refractivity contribution in [2.45, 2.75) is 0 Å². The van der Waals surface area contributed by atoms with Crippen molar-refractivity contribution in [2.75, 3.05) is 5.32 Å². The molecule has 0 amide bonds. The van der Waals surface area contributed by atoms with Gasteiger partial charge in [-0.25, -0.2) is 4.98 Å². The van der Waals surface area contributed by atoms with Crippen molar-refractivity contribution < 1.29 is 0 Å². The van der Waals surface area contributed by atoms with Gasteiger partial charge in [-0.3, -0.25) is 0 Å². The number of benzene rings is 1. The zero-order chi connectivity index (χ0) is 13.1. The summed E-state index contributed by atoms with van der Waals surface area (Å²) in [7, 11) is 0. The van der Waals surface area contributed by atoms with E-state index in [9.17, 15) is 0 Å². The SMILES string of the molecule is N#Cc1ccnc(Nc2ccc(Br)cc2Cl)c1Cl. The largest absolute Gasteiger partial charge is 0.338 e. The van der Waals surface area contributed by atoms with Gasteiger partial charge in [0.1, 0.15) is 11.1 Å². The monoisotopic (exact) mass is 341 g/mol. The van der Waals surface area contributed by atoms with Gasteiger partial charge < -0.3 is 5.32 Å². The van der Waals surface area contributed by atoms with Crippen LogP contribution in [0, 0.1) is 11.3 Å². The van der Waals surface area contributed by atoms with Gasteiger partial charge in [0, 0.05) is 10.7 Å². The van der Waals surface area contributed by atoms with E-state index in [4.69, 9.17) is 28.5 Å². The highest BCUT2D eigenvalue weighted by molar-refractivity contribution is 9.10. The van der Waals surface area contributed by atoms with E-state index in [2.05, 4.69) is 26.2 Å². The van der Waals surface area contributed by atoms with Crippen LogP contribution in [0.15, 0.2) is 34.9 Å². The van der Waals surface area contributed by atoms with Gasteiger partial charge in [0.2, 0.25) is 0 Å².